The van der Waals surface area contributed by atoms with Gasteiger partial charge in [0.2, 0.25) is 0 Å². The Morgan fingerprint density at radius 3 is 2.70 bits per heavy atom. The van der Waals surface area contributed by atoms with E-state index in [9.17, 15) is 4.79 Å². The lowest BCUT2D eigenvalue weighted by Crippen LogP contribution is -2.24. The molecule has 2 fully saturated rings. The SMILES string of the molecule is O=C(Nc1cc(Cl)cc(OC2CCC2)c1)c1cc(N2CCCS2)ccc1Cl. The fraction of sp³-hybridized carbons (Fsp3) is 0.350. The van der Waals surface area contributed by atoms with Crippen LogP contribution in [0, 0.1) is 0 Å². The van der Waals surface area contributed by atoms with E-state index in [-0.39, 0.29) is 12.0 Å². The molecule has 7 heteroatoms. The molecule has 0 atom stereocenters. The van der Waals surface area contributed by atoms with Gasteiger partial charge in [-0.3, -0.25) is 4.79 Å². The fourth-order valence-corrected chi connectivity index (χ4v) is 4.50. The van der Waals surface area contributed by atoms with Crippen LogP contribution >= 0.6 is 35.1 Å². The topological polar surface area (TPSA) is 41.6 Å². The molecule has 1 saturated heterocycles. The predicted octanol–water partition coefficient (Wildman–Crippen LogP) is 6.04. The number of benzene rings is 2. The largest absolute Gasteiger partial charge is 0.490 e. The number of nitrogens with zero attached hydrogens (tertiary/aromatic N) is 1. The summed E-state index contributed by atoms with van der Waals surface area (Å²) in [6.07, 6.45) is 4.70. The van der Waals surface area contributed by atoms with Crippen LogP contribution in [0.4, 0.5) is 11.4 Å². The molecule has 1 N–H and O–H groups in total. The van der Waals surface area contributed by atoms with Crippen LogP contribution < -0.4 is 14.4 Å². The second-order valence-electron chi connectivity index (χ2n) is 6.75. The van der Waals surface area contributed by atoms with Crippen molar-refractivity contribution < 1.29 is 9.53 Å². The first kappa shape index (κ1) is 18.8. The van der Waals surface area contributed by atoms with Gasteiger partial charge in [0.25, 0.3) is 5.91 Å². The van der Waals surface area contributed by atoms with Crippen LogP contribution in [0.15, 0.2) is 36.4 Å². The van der Waals surface area contributed by atoms with E-state index in [2.05, 4.69) is 9.62 Å². The van der Waals surface area contributed by atoms with Gasteiger partial charge in [-0.05, 0) is 68.0 Å². The Morgan fingerprint density at radius 1 is 1.15 bits per heavy atom. The Balaban J connectivity index is 1.52. The van der Waals surface area contributed by atoms with Gasteiger partial charge in [-0.1, -0.05) is 23.2 Å². The Morgan fingerprint density at radius 2 is 2.00 bits per heavy atom. The standard InChI is InChI=1S/C20H20Cl2N2O2S/c21-13-9-14(11-17(10-13)26-16-3-1-4-16)23-20(25)18-12-15(5-6-19(18)22)24-7-2-8-27-24/h5-6,9-12,16H,1-4,7-8H2,(H,23,25). The molecular weight excluding hydrogens is 403 g/mol. The number of carbonyl (C=O) groups excluding carboxylic acids is 1. The van der Waals surface area contributed by atoms with E-state index >= 15 is 0 Å². The minimum Gasteiger partial charge on any atom is -0.490 e. The van der Waals surface area contributed by atoms with E-state index in [0.29, 0.717) is 27.0 Å². The van der Waals surface area contributed by atoms with Crippen LogP contribution in [0.5, 0.6) is 5.75 Å². The number of carbonyl (C=O) groups is 1. The van der Waals surface area contributed by atoms with Crippen molar-refractivity contribution in [3.63, 3.8) is 0 Å². The highest BCUT2D eigenvalue weighted by Gasteiger charge is 2.20. The molecule has 1 saturated carbocycles. The van der Waals surface area contributed by atoms with Gasteiger partial charge in [-0.15, -0.1) is 0 Å². The van der Waals surface area contributed by atoms with Gasteiger partial charge >= 0.3 is 0 Å². The van der Waals surface area contributed by atoms with E-state index in [1.54, 1.807) is 36.2 Å². The minimum atomic E-state index is -0.261. The van der Waals surface area contributed by atoms with E-state index in [4.69, 9.17) is 27.9 Å². The maximum Gasteiger partial charge on any atom is 0.257 e. The zero-order valence-corrected chi connectivity index (χ0v) is 17.0. The molecule has 1 heterocycles. The van der Waals surface area contributed by atoms with Crippen molar-refractivity contribution in [2.24, 2.45) is 0 Å². The van der Waals surface area contributed by atoms with E-state index in [0.717, 1.165) is 37.2 Å². The summed E-state index contributed by atoms with van der Waals surface area (Å²) in [5.74, 6) is 1.51. The van der Waals surface area contributed by atoms with E-state index in [1.165, 1.54) is 6.42 Å². The summed E-state index contributed by atoms with van der Waals surface area (Å²) in [6.45, 7) is 0.976. The molecule has 1 aliphatic carbocycles. The maximum atomic E-state index is 12.8. The summed E-state index contributed by atoms with van der Waals surface area (Å²) in [6, 6.07) is 10.8. The predicted molar refractivity (Wildman–Crippen MR) is 114 cm³/mol. The molecule has 4 rings (SSSR count). The number of hydrogen-bond acceptors (Lipinski definition) is 4. The van der Waals surface area contributed by atoms with Crippen LogP contribution in [-0.4, -0.2) is 24.3 Å². The minimum absolute atomic E-state index is 0.246. The van der Waals surface area contributed by atoms with Crippen molar-refractivity contribution in [3.8, 4) is 5.75 Å². The molecule has 2 aliphatic rings. The lowest BCUT2D eigenvalue weighted by Gasteiger charge is -2.26. The summed E-state index contributed by atoms with van der Waals surface area (Å²) < 4.78 is 8.09. The van der Waals surface area contributed by atoms with Crippen LogP contribution in [0.3, 0.4) is 0 Å². The van der Waals surface area contributed by atoms with Gasteiger partial charge in [0.1, 0.15) is 5.75 Å². The molecular formula is C20H20Cl2N2O2S. The molecule has 0 bridgehead atoms. The molecule has 2 aromatic carbocycles. The van der Waals surface area contributed by atoms with Crippen molar-refractivity contribution in [2.75, 3.05) is 21.9 Å². The second-order valence-corrected chi connectivity index (χ2v) is 8.70. The third-order valence-corrected chi connectivity index (χ3v) is 6.44. The average Bonchev–Trinajstić information content (AvgIpc) is 3.12. The lowest BCUT2D eigenvalue weighted by molar-refractivity contribution is 0.102. The van der Waals surface area contributed by atoms with Gasteiger partial charge in [-0.25, -0.2) is 0 Å². The molecule has 1 aliphatic heterocycles. The third kappa shape index (κ3) is 4.48. The van der Waals surface area contributed by atoms with Crippen molar-refractivity contribution in [2.45, 2.75) is 31.8 Å². The highest BCUT2D eigenvalue weighted by Crippen LogP contribution is 2.33. The number of nitrogens with one attached hydrogen (secondary N) is 1. The molecule has 142 valence electrons. The number of amides is 1. The first-order valence-electron chi connectivity index (χ1n) is 9.07. The van der Waals surface area contributed by atoms with Crippen LogP contribution in [0.25, 0.3) is 0 Å². The summed E-state index contributed by atoms with van der Waals surface area (Å²) in [5.41, 5.74) is 2.04. The summed E-state index contributed by atoms with van der Waals surface area (Å²) in [5, 5.41) is 3.84. The van der Waals surface area contributed by atoms with E-state index in [1.807, 2.05) is 12.1 Å². The third-order valence-electron chi connectivity index (χ3n) is 4.72. The van der Waals surface area contributed by atoms with Crippen molar-refractivity contribution in [1.82, 2.24) is 0 Å². The number of anilines is 2. The smallest absolute Gasteiger partial charge is 0.257 e. The molecule has 4 nitrogen and oxygen atoms in total. The number of rotatable bonds is 5. The normalized spacial score (nSPS) is 16.9. The first-order chi connectivity index (χ1) is 13.1. The first-order valence-corrected chi connectivity index (χ1v) is 10.8. The van der Waals surface area contributed by atoms with E-state index < -0.39 is 0 Å². The zero-order chi connectivity index (χ0) is 18.8. The molecule has 0 radical (unpaired) electrons. The van der Waals surface area contributed by atoms with Crippen molar-refractivity contribution >= 4 is 52.4 Å². The Bertz CT molecular complexity index is 852. The van der Waals surface area contributed by atoms with Gasteiger partial charge in [-0.2, -0.15) is 0 Å². The van der Waals surface area contributed by atoms with Crippen LogP contribution in [0.2, 0.25) is 10.0 Å². The van der Waals surface area contributed by atoms with Gasteiger partial charge < -0.3 is 14.4 Å². The van der Waals surface area contributed by atoms with Crippen molar-refractivity contribution in [3.05, 3.63) is 52.0 Å². The molecule has 2 aromatic rings. The molecule has 0 unspecified atom stereocenters. The highest BCUT2D eigenvalue weighted by molar-refractivity contribution is 8.00. The number of hydrogen-bond donors (Lipinski definition) is 1. The second kappa shape index (κ2) is 8.21. The lowest BCUT2D eigenvalue weighted by atomic mass is 9.96. The van der Waals surface area contributed by atoms with Gasteiger partial charge in [0, 0.05) is 34.8 Å². The Kier molecular flexibility index (Phi) is 5.71. The monoisotopic (exact) mass is 422 g/mol. The zero-order valence-electron chi connectivity index (χ0n) is 14.7. The van der Waals surface area contributed by atoms with Crippen LogP contribution in [-0.2, 0) is 0 Å². The summed E-state index contributed by atoms with van der Waals surface area (Å²) >= 11 is 14.3. The molecule has 0 aromatic heterocycles. The fourth-order valence-electron chi connectivity index (χ4n) is 3.08. The van der Waals surface area contributed by atoms with Crippen molar-refractivity contribution in [1.29, 1.82) is 0 Å². The quantitative estimate of drug-likeness (QED) is 0.596. The average molecular weight is 423 g/mol. The highest BCUT2D eigenvalue weighted by atomic mass is 35.5. The molecule has 0 spiro atoms. The van der Waals surface area contributed by atoms with Gasteiger partial charge in [0.05, 0.1) is 16.7 Å². The Labute approximate surface area is 173 Å². The molecule has 27 heavy (non-hydrogen) atoms. The Hall–Kier alpha value is -1.56. The summed E-state index contributed by atoms with van der Waals surface area (Å²) in [7, 11) is 0. The molecule has 1 amide bonds. The van der Waals surface area contributed by atoms with Gasteiger partial charge in [0.15, 0.2) is 0 Å². The van der Waals surface area contributed by atoms with Crippen LogP contribution in [0.1, 0.15) is 36.0 Å². The maximum absolute atomic E-state index is 12.8. The number of halogens is 2. The summed E-state index contributed by atoms with van der Waals surface area (Å²) in [4.78, 5) is 12.8. The number of ether oxygens (including phenoxy) is 1.